The van der Waals surface area contributed by atoms with Crippen LogP contribution in [-0.4, -0.2) is 22.6 Å². The Balaban J connectivity index is 2.35. The first-order chi connectivity index (χ1) is 9.54. The summed E-state index contributed by atoms with van der Waals surface area (Å²) in [6, 6.07) is 1.93. The zero-order valence-corrected chi connectivity index (χ0v) is 12.9. The van der Waals surface area contributed by atoms with Crippen LogP contribution in [0.5, 0.6) is 0 Å². The number of piperidine rings is 1. The Morgan fingerprint density at radius 1 is 1.60 bits per heavy atom. The standard InChI is InChI=1S/C14H22N2O3S/c1-3-6-11-7-4-5-8-15(11)14-12(16(18)19)9-13(20-14)10(2)17/h9-11,17H,3-8H2,1-2H3/t10-,11?/m1/s1. The molecule has 2 rings (SSSR count). The third-order valence-corrected chi connectivity index (χ3v) is 5.16. The molecule has 1 aromatic rings. The number of hydrogen-bond donors (Lipinski definition) is 1. The largest absolute Gasteiger partial charge is 0.388 e. The number of nitro groups is 1. The van der Waals surface area contributed by atoms with Gasteiger partial charge < -0.3 is 10.0 Å². The van der Waals surface area contributed by atoms with Crippen LogP contribution in [0.3, 0.4) is 0 Å². The smallest absolute Gasteiger partial charge is 0.304 e. The van der Waals surface area contributed by atoms with Gasteiger partial charge in [-0.05, 0) is 32.6 Å². The summed E-state index contributed by atoms with van der Waals surface area (Å²) in [5.41, 5.74) is 0.147. The van der Waals surface area contributed by atoms with Crippen LogP contribution in [0.2, 0.25) is 0 Å². The summed E-state index contributed by atoms with van der Waals surface area (Å²) in [5.74, 6) is 0. The third-order valence-electron chi connectivity index (χ3n) is 3.83. The van der Waals surface area contributed by atoms with Gasteiger partial charge in [0.05, 0.1) is 11.0 Å². The topological polar surface area (TPSA) is 66.6 Å². The first-order valence-corrected chi connectivity index (χ1v) is 8.09. The number of aliphatic hydroxyl groups is 1. The summed E-state index contributed by atoms with van der Waals surface area (Å²) >= 11 is 1.37. The maximum Gasteiger partial charge on any atom is 0.304 e. The van der Waals surface area contributed by atoms with E-state index in [1.165, 1.54) is 23.8 Å². The lowest BCUT2D eigenvalue weighted by molar-refractivity contribution is -0.383. The van der Waals surface area contributed by atoms with Gasteiger partial charge in [0.1, 0.15) is 0 Å². The van der Waals surface area contributed by atoms with Gasteiger partial charge in [0, 0.05) is 23.5 Å². The highest BCUT2D eigenvalue weighted by Gasteiger charge is 2.30. The quantitative estimate of drug-likeness (QED) is 0.662. The van der Waals surface area contributed by atoms with Crippen molar-refractivity contribution in [3.8, 4) is 0 Å². The summed E-state index contributed by atoms with van der Waals surface area (Å²) in [7, 11) is 0. The molecule has 1 fully saturated rings. The number of hydrogen-bond acceptors (Lipinski definition) is 5. The fourth-order valence-electron chi connectivity index (χ4n) is 2.83. The van der Waals surface area contributed by atoms with E-state index in [1.807, 2.05) is 0 Å². The Kier molecular flexibility index (Phi) is 4.99. The molecule has 1 aliphatic heterocycles. The van der Waals surface area contributed by atoms with Crippen molar-refractivity contribution in [2.45, 2.75) is 58.1 Å². The molecule has 0 aliphatic carbocycles. The van der Waals surface area contributed by atoms with Crippen molar-refractivity contribution in [3.63, 3.8) is 0 Å². The second kappa shape index (κ2) is 6.54. The van der Waals surface area contributed by atoms with Crippen molar-refractivity contribution < 1.29 is 10.0 Å². The molecule has 0 bridgehead atoms. The molecule has 0 radical (unpaired) electrons. The molecule has 0 amide bonds. The van der Waals surface area contributed by atoms with E-state index in [9.17, 15) is 15.2 Å². The molecule has 1 aromatic heterocycles. The maximum atomic E-state index is 11.3. The Bertz CT molecular complexity index is 471. The lowest BCUT2D eigenvalue weighted by Gasteiger charge is -2.36. The molecule has 1 unspecified atom stereocenters. The first-order valence-electron chi connectivity index (χ1n) is 7.27. The van der Waals surface area contributed by atoms with Crippen molar-refractivity contribution in [3.05, 3.63) is 21.1 Å². The minimum Gasteiger partial charge on any atom is -0.388 e. The van der Waals surface area contributed by atoms with Crippen molar-refractivity contribution in [2.75, 3.05) is 11.4 Å². The molecule has 2 heterocycles. The average Bonchev–Trinajstić information content (AvgIpc) is 2.85. The van der Waals surface area contributed by atoms with Crippen molar-refractivity contribution in [2.24, 2.45) is 0 Å². The molecule has 1 saturated heterocycles. The highest BCUT2D eigenvalue weighted by atomic mass is 32.1. The van der Waals surface area contributed by atoms with E-state index >= 15 is 0 Å². The van der Waals surface area contributed by atoms with E-state index in [0.29, 0.717) is 10.9 Å². The van der Waals surface area contributed by atoms with Crippen molar-refractivity contribution >= 4 is 22.0 Å². The number of anilines is 1. The fraction of sp³-hybridized carbons (Fsp3) is 0.714. The maximum absolute atomic E-state index is 11.3. The molecule has 112 valence electrons. The molecule has 1 aliphatic rings. The summed E-state index contributed by atoms with van der Waals surface area (Å²) < 4.78 is 0. The van der Waals surface area contributed by atoms with Gasteiger partial charge in [-0.3, -0.25) is 10.1 Å². The monoisotopic (exact) mass is 298 g/mol. The Labute approximate surface area is 123 Å². The summed E-state index contributed by atoms with van der Waals surface area (Å²) in [6.07, 6.45) is 4.89. The summed E-state index contributed by atoms with van der Waals surface area (Å²) in [5, 5.41) is 21.7. The second-order valence-corrected chi connectivity index (χ2v) is 6.47. The highest BCUT2D eigenvalue weighted by Crippen LogP contribution is 2.42. The number of thiophene rings is 1. The van der Waals surface area contributed by atoms with Gasteiger partial charge in [-0.15, -0.1) is 11.3 Å². The van der Waals surface area contributed by atoms with Crippen molar-refractivity contribution in [1.29, 1.82) is 0 Å². The second-order valence-electron chi connectivity index (χ2n) is 5.40. The average molecular weight is 298 g/mol. The van der Waals surface area contributed by atoms with E-state index < -0.39 is 6.10 Å². The predicted molar refractivity (Wildman–Crippen MR) is 81.5 cm³/mol. The molecule has 5 nitrogen and oxygen atoms in total. The van der Waals surface area contributed by atoms with Crippen LogP contribution in [-0.2, 0) is 0 Å². The SMILES string of the molecule is CCCC1CCCCN1c1sc([C@@H](C)O)cc1[N+](=O)[O-]. The Morgan fingerprint density at radius 2 is 2.35 bits per heavy atom. The Morgan fingerprint density at radius 3 is 2.95 bits per heavy atom. The molecule has 0 aromatic carbocycles. The molecular weight excluding hydrogens is 276 g/mol. The van der Waals surface area contributed by atoms with Crippen LogP contribution in [0.15, 0.2) is 6.07 Å². The number of aliphatic hydroxyl groups excluding tert-OH is 1. The van der Waals surface area contributed by atoms with Crippen molar-refractivity contribution in [1.82, 2.24) is 0 Å². The van der Waals surface area contributed by atoms with Gasteiger partial charge in [-0.1, -0.05) is 13.3 Å². The lowest BCUT2D eigenvalue weighted by Crippen LogP contribution is -2.39. The van der Waals surface area contributed by atoms with E-state index in [4.69, 9.17) is 0 Å². The van der Waals surface area contributed by atoms with Gasteiger partial charge in [-0.25, -0.2) is 0 Å². The molecule has 1 N–H and O–H groups in total. The van der Waals surface area contributed by atoms with Gasteiger partial charge in [0.15, 0.2) is 5.00 Å². The minimum absolute atomic E-state index is 0.147. The fourth-order valence-corrected chi connectivity index (χ4v) is 3.99. The molecule has 2 atom stereocenters. The lowest BCUT2D eigenvalue weighted by atomic mass is 9.98. The predicted octanol–water partition coefficient (Wildman–Crippen LogP) is 3.87. The van der Waals surface area contributed by atoms with Gasteiger partial charge >= 0.3 is 5.69 Å². The zero-order valence-electron chi connectivity index (χ0n) is 12.0. The zero-order chi connectivity index (χ0) is 14.7. The molecule has 0 spiro atoms. The summed E-state index contributed by atoms with van der Waals surface area (Å²) in [4.78, 5) is 13.8. The minimum atomic E-state index is -0.651. The van der Waals surface area contributed by atoms with E-state index in [-0.39, 0.29) is 10.6 Å². The first kappa shape index (κ1) is 15.3. The van der Waals surface area contributed by atoms with Gasteiger partial charge in [0.2, 0.25) is 0 Å². The van der Waals surface area contributed by atoms with Crippen LogP contribution in [0.25, 0.3) is 0 Å². The van der Waals surface area contributed by atoms with Crippen LogP contribution in [0.4, 0.5) is 10.7 Å². The summed E-state index contributed by atoms with van der Waals surface area (Å²) in [6.45, 7) is 4.68. The van der Waals surface area contributed by atoms with E-state index in [0.717, 1.165) is 37.2 Å². The molecular formula is C14H22N2O3S. The van der Waals surface area contributed by atoms with Crippen LogP contribution in [0.1, 0.15) is 56.9 Å². The van der Waals surface area contributed by atoms with Crippen LogP contribution in [0, 0.1) is 10.1 Å². The van der Waals surface area contributed by atoms with Gasteiger partial charge in [-0.2, -0.15) is 0 Å². The molecule has 20 heavy (non-hydrogen) atoms. The number of nitrogens with zero attached hydrogens (tertiary/aromatic N) is 2. The molecule has 0 saturated carbocycles. The van der Waals surface area contributed by atoms with E-state index in [2.05, 4.69) is 11.8 Å². The van der Waals surface area contributed by atoms with Gasteiger partial charge in [0.25, 0.3) is 0 Å². The van der Waals surface area contributed by atoms with Crippen LogP contribution < -0.4 is 4.90 Å². The highest BCUT2D eigenvalue weighted by molar-refractivity contribution is 7.16. The third kappa shape index (κ3) is 3.12. The Hall–Kier alpha value is -1.14. The van der Waals surface area contributed by atoms with E-state index in [1.54, 1.807) is 6.92 Å². The van der Waals surface area contributed by atoms with Crippen LogP contribution >= 0.6 is 11.3 Å². The number of rotatable bonds is 5. The molecule has 6 heteroatoms. The normalized spacial score (nSPS) is 20.9.